The van der Waals surface area contributed by atoms with E-state index in [0.29, 0.717) is 46.3 Å². The van der Waals surface area contributed by atoms with Gasteiger partial charge in [-0.1, -0.05) is 30.3 Å². The molecular formula is C26H27NO5S. The van der Waals surface area contributed by atoms with Crippen molar-refractivity contribution in [1.29, 1.82) is 0 Å². The monoisotopic (exact) mass is 465 g/mol. The van der Waals surface area contributed by atoms with Crippen molar-refractivity contribution < 1.29 is 24.2 Å². The molecule has 6 nitrogen and oxygen atoms in total. The van der Waals surface area contributed by atoms with E-state index in [9.17, 15) is 14.7 Å². The molecule has 5 rings (SSSR count). The number of allylic oxidation sites excluding steroid dienone is 1. The number of ether oxygens (including phenoxy) is 2. The van der Waals surface area contributed by atoms with E-state index in [1.165, 1.54) is 18.9 Å². The number of β-amino-alcohol motifs (C(OH)–C–C–N with tert-alkyl or cyclic N) is 1. The Morgan fingerprint density at radius 2 is 1.85 bits per heavy atom. The lowest BCUT2D eigenvalue weighted by molar-refractivity contribution is -0.111. The number of aliphatic hydroxyl groups excluding tert-OH is 1. The second kappa shape index (κ2) is 8.97. The Morgan fingerprint density at radius 1 is 1.09 bits per heavy atom. The van der Waals surface area contributed by atoms with Crippen LogP contribution in [0.15, 0.2) is 53.4 Å². The van der Waals surface area contributed by atoms with Crippen molar-refractivity contribution >= 4 is 29.1 Å². The fraction of sp³-hybridized carbons (Fsp3) is 0.385. The SMILES string of the molecule is COc1ccc2c(c1)C(=O)C(=O)C1=C2OC2(CCN(C[C@@H](O)Cc3ccccc3)CC2)CS1. The molecule has 0 bridgehead atoms. The van der Waals surface area contributed by atoms with Crippen LogP contribution in [0.3, 0.4) is 0 Å². The van der Waals surface area contributed by atoms with Crippen molar-refractivity contribution in [3.05, 3.63) is 70.1 Å². The van der Waals surface area contributed by atoms with Gasteiger partial charge in [0.05, 0.1) is 13.2 Å². The molecule has 3 aliphatic rings. The van der Waals surface area contributed by atoms with Crippen LogP contribution in [0.4, 0.5) is 0 Å². The molecular weight excluding hydrogens is 438 g/mol. The molecule has 2 heterocycles. The van der Waals surface area contributed by atoms with E-state index in [1.54, 1.807) is 12.1 Å². The Balaban J connectivity index is 1.27. The zero-order chi connectivity index (χ0) is 23.0. The maximum atomic E-state index is 12.7. The number of rotatable bonds is 5. The number of methoxy groups -OCH3 is 1. The average Bonchev–Trinajstić information content (AvgIpc) is 2.84. The number of piperidine rings is 1. The largest absolute Gasteiger partial charge is 0.497 e. The summed E-state index contributed by atoms with van der Waals surface area (Å²) in [6, 6.07) is 15.3. The first-order valence-corrected chi connectivity index (χ1v) is 12.2. The van der Waals surface area contributed by atoms with Gasteiger partial charge in [0.25, 0.3) is 0 Å². The van der Waals surface area contributed by atoms with Gasteiger partial charge in [0.1, 0.15) is 22.0 Å². The van der Waals surface area contributed by atoms with Gasteiger partial charge in [-0.25, -0.2) is 0 Å². The topological polar surface area (TPSA) is 76.1 Å². The van der Waals surface area contributed by atoms with Crippen LogP contribution < -0.4 is 4.74 Å². The van der Waals surface area contributed by atoms with E-state index >= 15 is 0 Å². The van der Waals surface area contributed by atoms with E-state index in [-0.39, 0.29) is 5.60 Å². The molecule has 2 aromatic rings. The highest BCUT2D eigenvalue weighted by atomic mass is 32.2. The molecule has 0 amide bonds. The lowest BCUT2D eigenvalue weighted by Gasteiger charge is -2.45. The minimum Gasteiger partial charge on any atom is -0.497 e. The summed E-state index contributed by atoms with van der Waals surface area (Å²) < 4.78 is 11.8. The molecule has 2 aromatic carbocycles. The Bertz CT molecular complexity index is 1100. The number of carbonyl (C=O) groups excluding carboxylic acids is 2. The van der Waals surface area contributed by atoms with Crippen molar-refractivity contribution in [2.75, 3.05) is 32.5 Å². The molecule has 1 aliphatic carbocycles. The summed E-state index contributed by atoms with van der Waals surface area (Å²) in [6.45, 7) is 2.26. The molecule has 0 saturated carbocycles. The quantitative estimate of drug-likeness (QED) is 0.679. The minimum atomic E-state index is -0.503. The van der Waals surface area contributed by atoms with Crippen LogP contribution in [-0.2, 0) is 16.0 Å². The van der Waals surface area contributed by atoms with Crippen LogP contribution in [0.25, 0.3) is 5.76 Å². The van der Waals surface area contributed by atoms with Crippen LogP contribution in [-0.4, -0.2) is 65.8 Å². The summed E-state index contributed by atoms with van der Waals surface area (Å²) in [5, 5.41) is 10.6. The van der Waals surface area contributed by atoms with Crippen molar-refractivity contribution in [3.8, 4) is 5.75 Å². The highest BCUT2D eigenvalue weighted by molar-refractivity contribution is 8.04. The zero-order valence-corrected chi connectivity index (χ0v) is 19.4. The third-order valence-electron chi connectivity index (χ3n) is 6.68. The van der Waals surface area contributed by atoms with E-state index in [1.807, 2.05) is 36.4 Å². The number of benzene rings is 2. The smallest absolute Gasteiger partial charge is 0.243 e. The number of nitrogens with zero attached hydrogens (tertiary/aromatic N) is 1. The van der Waals surface area contributed by atoms with E-state index < -0.39 is 17.7 Å². The number of carbonyl (C=O) groups is 2. The van der Waals surface area contributed by atoms with Gasteiger partial charge in [-0.05, 0) is 30.2 Å². The molecule has 0 unspecified atom stereocenters. The van der Waals surface area contributed by atoms with Crippen LogP contribution >= 0.6 is 11.8 Å². The zero-order valence-electron chi connectivity index (χ0n) is 18.6. The minimum absolute atomic E-state index is 0.345. The Morgan fingerprint density at radius 3 is 2.58 bits per heavy atom. The van der Waals surface area contributed by atoms with Gasteiger partial charge in [-0.15, -0.1) is 11.8 Å². The number of fused-ring (bicyclic) bond motifs is 2. The molecule has 1 N–H and O–H groups in total. The van der Waals surface area contributed by atoms with Crippen molar-refractivity contribution in [1.82, 2.24) is 4.90 Å². The van der Waals surface area contributed by atoms with Crippen LogP contribution in [0.1, 0.15) is 34.3 Å². The molecule has 1 spiro atoms. The maximum Gasteiger partial charge on any atom is 0.243 e. The fourth-order valence-electron chi connectivity index (χ4n) is 4.81. The van der Waals surface area contributed by atoms with Gasteiger partial charge in [0, 0.05) is 49.4 Å². The fourth-order valence-corrected chi connectivity index (χ4v) is 6.07. The van der Waals surface area contributed by atoms with Crippen molar-refractivity contribution in [3.63, 3.8) is 0 Å². The first kappa shape index (κ1) is 22.2. The summed E-state index contributed by atoms with van der Waals surface area (Å²) >= 11 is 1.44. The standard InChI is InChI=1S/C26H27NO5S/c1-31-19-7-8-20-21(14-19)22(29)23(30)25-24(20)32-26(16-33-25)9-11-27(12-10-26)15-18(28)13-17-5-3-2-4-6-17/h2-8,14,18,28H,9-13,15-16H2,1H3/t18-/m0/s1. The van der Waals surface area contributed by atoms with E-state index in [2.05, 4.69) is 4.90 Å². The van der Waals surface area contributed by atoms with Gasteiger partial charge in [0.15, 0.2) is 0 Å². The first-order valence-electron chi connectivity index (χ1n) is 11.3. The molecule has 0 radical (unpaired) electrons. The molecule has 1 atom stereocenters. The van der Waals surface area contributed by atoms with Gasteiger partial charge in [0.2, 0.25) is 11.6 Å². The Kier molecular flexibility index (Phi) is 6.03. The molecule has 0 aromatic heterocycles. The second-order valence-electron chi connectivity index (χ2n) is 8.95. The highest BCUT2D eigenvalue weighted by Crippen LogP contribution is 2.47. The number of likely N-dealkylation sites (tertiary alicyclic amines) is 1. The molecule has 1 saturated heterocycles. The van der Waals surface area contributed by atoms with Crippen molar-refractivity contribution in [2.45, 2.75) is 31.0 Å². The summed E-state index contributed by atoms with van der Waals surface area (Å²) in [6.07, 6.45) is 1.84. The van der Waals surface area contributed by atoms with Gasteiger partial charge in [-0.3, -0.25) is 9.59 Å². The second-order valence-corrected chi connectivity index (χ2v) is 9.93. The third kappa shape index (κ3) is 4.33. The number of hydrogen-bond donors (Lipinski definition) is 1. The Labute approximate surface area is 197 Å². The lowest BCUT2D eigenvalue weighted by Crippen LogP contribution is -2.50. The molecule has 1 fully saturated rings. The third-order valence-corrected chi connectivity index (χ3v) is 8.01. The normalized spacial score (nSPS) is 20.8. The predicted molar refractivity (Wildman–Crippen MR) is 127 cm³/mol. The number of aliphatic hydroxyl groups is 1. The van der Waals surface area contributed by atoms with Crippen LogP contribution in [0.5, 0.6) is 5.75 Å². The van der Waals surface area contributed by atoms with Gasteiger partial charge < -0.3 is 19.5 Å². The lowest BCUT2D eigenvalue weighted by atomic mass is 9.89. The molecule has 7 heteroatoms. The average molecular weight is 466 g/mol. The summed E-state index contributed by atoms with van der Waals surface area (Å²) in [5.41, 5.74) is 1.78. The summed E-state index contributed by atoms with van der Waals surface area (Å²) in [7, 11) is 1.54. The van der Waals surface area contributed by atoms with Gasteiger partial charge >= 0.3 is 0 Å². The molecule has 172 valence electrons. The number of ketones is 2. The summed E-state index contributed by atoms with van der Waals surface area (Å²) in [4.78, 5) is 28.1. The molecule has 2 aliphatic heterocycles. The maximum absolute atomic E-state index is 12.7. The Hall–Kier alpha value is -2.61. The van der Waals surface area contributed by atoms with Gasteiger partial charge in [-0.2, -0.15) is 0 Å². The number of Topliss-reactive ketones (excluding diaryl/α,β-unsaturated/α-hetero) is 2. The van der Waals surface area contributed by atoms with Crippen LogP contribution in [0, 0.1) is 0 Å². The van der Waals surface area contributed by atoms with E-state index in [0.717, 1.165) is 31.5 Å². The van der Waals surface area contributed by atoms with Crippen molar-refractivity contribution in [2.24, 2.45) is 0 Å². The summed E-state index contributed by atoms with van der Waals surface area (Å²) in [5.74, 6) is 0.728. The predicted octanol–water partition coefficient (Wildman–Crippen LogP) is 3.33. The molecule has 33 heavy (non-hydrogen) atoms. The first-order chi connectivity index (χ1) is 16.0. The number of hydrogen-bond acceptors (Lipinski definition) is 7. The van der Waals surface area contributed by atoms with E-state index in [4.69, 9.17) is 9.47 Å². The highest BCUT2D eigenvalue weighted by Gasteiger charge is 2.46. The van der Waals surface area contributed by atoms with Crippen LogP contribution in [0.2, 0.25) is 0 Å². The number of thioether (sulfide) groups is 1.